The van der Waals surface area contributed by atoms with Gasteiger partial charge in [-0.25, -0.2) is 9.97 Å². The van der Waals surface area contributed by atoms with Crippen molar-refractivity contribution in [1.82, 2.24) is 25.1 Å². The number of nitrogen functional groups attached to an aromatic ring is 1. The van der Waals surface area contributed by atoms with Gasteiger partial charge in [0.2, 0.25) is 0 Å². The van der Waals surface area contributed by atoms with Crippen molar-refractivity contribution < 1.29 is 14.6 Å². The van der Waals surface area contributed by atoms with Crippen LogP contribution in [0, 0.1) is 17.8 Å². The lowest BCUT2D eigenvalue weighted by Gasteiger charge is -2.58. The van der Waals surface area contributed by atoms with Crippen LogP contribution in [0.1, 0.15) is 42.6 Å². The van der Waals surface area contributed by atoms with Crippen LogP contribution in [0.25, 0.3) is 22.4 Å². The standard InChI is InChI=1S/C27H32N6O3/c1-36-6-5-33-15-21(13-30-33)17-3-2-4-18(9-17)22-14-29-25(28)24(31-22)26(34)32-23-19-7-16-8-20(23)12-27(35,10-16)11-19/h2-4,9,13-16,19-20,23,35H,5-8,10-12H2,1H3,(H2,28,29)(H,32,34). The third-order valence-electron chi connectivity index (χ3n) is 8.20. The number of carbonyl (C=O) groups excluding carboxylic acids is 1. The molecular formula is C27H32N6O3. The summed E-state index contributed by atoms with van der Waals surface area (Å²) >= 11 is 0. The zero-order chi connectivity index (χ0) is 24.9. The van der Waals surface area contributed by atoms with E-state index in [1.54, 1.807) is 13.3 Å². The number of nitrogens with zero attached hydrogens (tertiary/aromatic N) is 4. The molecular weight excluding hydrogens is 456 g/mol. The summed E-state index contributed by atoms with van der Waals surface area (Å²) in [7, 11) is 1.67. The molecule has 4 fully saturated rings. The maximum absolute atomic E-state index is 13.3. The molecule has 3 aromatic rings. The van der Waals surface area contributed by atoms with Gasteiger partial charge in [-0.1, -0.05) is 18.2 Å². The Hall–Kier alpha value is -3.30. The fourth-order valence-corrected chi connectivity index (χ4v) is 6.82. The molecule has 0 spiro atoms. The van der Waals surface area contributed by atoms with E-state index in [2.05, 4.69) is 20.4 Å². The minimum Gasteiger partial charge on any atom is -0.390 e. The summed E-state index contributed by atoms with van der Waals surface area (Å²) in [6.45, 7) is 1.28. The number of rotatable bonds is 7. The molecule has 4 aliphatic rings. The monoisotopic (exact) mass is 488 g/mol. The van der Waals surface area contributed by atoms with E-state index in [1.807, 2.05) is 41.3 Å². The Kier molecular flexibility index (Phi) is 5.76. The van der Waals surface area contributed by atoms with Gasteiger partial charge in [0.15, 0.2) is 11.5 Å². The van der Waals surface area contributed by atoms with Gasteiger partial charge in [0.1, 0.15) is 0 Å². The number of carbonyl (C=O) groups is 1. The number of nitrogens with two attached hydrogens (primary N) is 1. The van der Waals surface area contributed by atoms with E-state index >= 15 is 0 Å². The zero-order valence-corrected chi connectivity index (χ0v) is 20.4. The number of aromatic nitrogens is 4. The lowest BCUT2D eigenvalue weighted by atomic mass is 9.52. The fraction of sp³-hybridized carbons (Fsp3) is 0.481. The largest absolute Gasteiger partial charge is 0.390 e. The van der Waals surface area contributed by atoms with E-state index in [-0.39, 0.29) is 23.5 Å². The highest BCUT2D eigenvalue weighted by Gasteiger charge is 2.55. The molecule has 2 atom stereocenters. The molecule has 4 aliphatic carbocycles. The van der Waals surface area contributed by atoms with Crippen molar-refractivity contribution in [2.75, 3.05) is 19.5 Å². The van der Waals surface area contributed by atoms with Gasteiger partial charge >= 0.3 is 0 Å². The van der Waals surface area contributed by atoms with Crippen molar-refractivity contribution >= 4 is 11.7 Å². The van der Waals surface area contributed by atoms with Crippen molar-refractivity contribution in [2.45, 2.75) is 50.3 Å². The Morgan fingerprint density at radius 2 is 1.97 bits per heavy atom. The molecule has 0 radical (unpaired) electrons. The van der Waals surface area contributed by atoms with Gasteiger partial charge in [0.25, 0.3) is 5.91 Å². The molecule has 9 nitrogen and oxygen atoms in total. The van der Waals surface area contributed by atoms with Crippen LogP contribution >= 0.6 is 0 Å². The van der Waals surface area contributed by atoms with E-state index in [9.17, 15) is 9.90 Å². The van der Waals surface area contributed by atoms with E-state index in [4.69, 9.17) is 10.5 Å². The maximum atomic E-state index is 13.3. The SMILES string of the molecule is COCCn1cc(-c2cccc(-c3cnc(N)c(C(=O)NC4C5CC6CC4CC(O)(C6)C5)n3)c2)cn1. The lowest BCUT2D eigenvalue weighted by Crippen LogP contribution is -2.61. The molecule has 1 aromatic carbocycles. The Bertz CT molecular complexity index is 1270. The number of nitrogens with one attached hydrogen (secondary N) is 1. The van der Waals surface area contributed by atoms with Crippen LogP contribution in [0.5, 0.6) is 0 Å². The molecule has 2 unspecified atom stereocenters. The number of ether oxygens (including phenoxy) is 1. The summed E-state index contributed by atoms with van der Waals surface area (Å²) in [5, 5.41) is 18.5. The Morgan fingerprint density at radius 1 is 1.19 bits per heavy atom. The first-order valence-corrected chi connectivity index (χ1v) is 12.7. The van der Waals surface area contributed by atoms with Crippen LogP contribution in [0.15, 0.2) is 42.9 Å². The van der Waals surface area contributed by atoms with E-state index in [0.717, 1.165) is 48.8 Å². The van der Waals surface area contributed by atoms with Crippen LogP contribution in [0.4, 0.5) is 5.82 Å². The molecule has 188 valence electrons. The summed E-state index contributed by atoms with van der Waals surface area (Å²) in [5.41, 5.74) is 9.12. The van der Waals surface area contributed by atoms with Gasteiger partial charge in [-0.2, -0.15) is 5.10 Å². The van der Waals surface area contributed by atoms with Gasteiger partial charge < -0.3 is 20.9 Å². The fourth-order valence-electron chi connectivity index (χ4n) is 6.82. The van der Waals surface area contributed by atoms with Crippen LogP contribution in [-0.2, 0) is 11.3 Å². The quantitative estimate of drug-likeness (QED) is 0.466. The number of amides is 1. The van der Waals surface area contributed by atoms with Crippen molar-refractivity contribution in [1.29, 1.82) is 0 Å². The second kappa shape index (κ2) is 8.97. The van der Waals surface area contributed by atoms with Crippen molar-refractivity contribution in [3.8, 4) is 22.4 Å². The van der Waals surface area contributed by atoms with E-state index in [1.165, 1.54) is 0 Å². The number of aliphatic hydroxyl groups is 1. The average molecular weight is 489 g/mol. The van der Waals surface area contributed by atoms with Crippen molar-refractivity contribution in [3.05, 3.63) is 48.5 Å². The van der Waals surface area contributed by atoms with E-state index in [0.29, 0.717) is 36.6 Å². The zero-order valence-electron chi connectivity index (χ0n) is 20.4. The molecule has 0 saturated heterocycles. The highest BCUT2D eigenvalue weighted by molar-refractivity contribution is 5.97. The molecule has 1 amide bonds. The van der Waals surface area contributed by atoms with Crippen LogP contribution in [0.2, 0.25) is 0 Å². The molecule has 2 aromatic heterocycles. The lowest BCUT2D eigenvalue weighted by molar-refractivity contribution is -0.136. The van der Waals surface area contributed by atoms with Crippen LogP contribution < -0.4 is 11.1 Å². The molecule has 4 N–H and O–H groups in total. The Morgan fingerprint density at radius 3 is 2.72 bits per heavy atom. The molecule has 4 bridgehead atoms. The Labute approximate surface area is 210 Å². The van der Waals surface area contributed by atoms with Gasteiger partial charge in [0, 0.05) is 30.5 Å². The first kappa shape index (κ1) is 23.1. The minimum atomic E-state index is -0.540. The molecule has 2 heterocycles. The van der Waals surface area contributed by atoms with Crippen LogP contribution in [-0.4, -0.2) is 56.1 Å². The second-order valence-corrected chi connectivity index (χ2v) is 10.7. The minimum absolute atomic E-state index is 0.0529. The van der Waals surface area contributed by atoms with E-state index < -0.39 is 5.60 Å². The van der Waals surface area contributed by atoms with Gasteiger partial charge in [-0.05, 0) is 61.5 Å². The summed E-state index contributed by atoms with van der Waals surface area (Å²) in [5.74, 6) is 1.03. The molecule has 9 heteroatoms. The summed E-state index contributed by atoms with van der Waals surface area (Å²) < 4.78 is 6.97. The molecule has 4 saturated carbocycles. The molecule has 36 heavy (non-hydrogen) atoms. The Balaban J connectivity index is 1.22. The highest BCUT2D eigenvalue weighted by atomic mass is 16.5. The second-order valence-electron chi connectivity index (χ2n) is 10.7. The predicted octanol–water partition coefficient (Wildman–Crippen LogP) is 2.91. The summed E-state index contributed by atoms with van der Waals surface area (Å²) in [6, 6.07) is 7.97. The normalized spacial score (nSPS) is 28.4. The third kappa shape index (κ3) is 4.26. The molecule has 0 aliphatic heterocycles. The third-order valence-corrected chi connectivity index (χ3v) is 8.20. The topological polar surface area (TPSA) is 128 Å². The van der Waals surface area contributed by atoms with Crippen LogP contribution in [0.3, 0.4) is 0 Å². The number of methoxy groups -OCH3 is 1. The first-order chi connectivity index (χ1) is 17.4. The number of hydrogen-bond donors (Lipinski definition) is 3. The summed E-state index contributed by atoms with van der Waals surface area (Å²) in [4.78, 5) is 22.3. The van der Waals surface area contributed by atoms with Gasteiger partial charge in [-0.3, -0.25) is 9.48 Å². The maximum Gasteiger partial charge on any atom is 0.273 e. The first-order valence-electron chi connectivity index (χ1n) is 12.7. The molecule has 7 rings (SSSR count). The van der Waals surface area contributed by atoms with Gasteiger partial charge in [-0.15, -0.1) is 0 Å². The summed E-state index contributed by atoms with van der Waals surface area (Å²) in [6.07, 6.45) is 9.98. The number of benzene rings is 1. The van der Waals surface area contributed by atoms with Crippen molar-refractivity contribution in [3.63, 3.8) is 0 Å². The smallest absolute Gasteiger partial charge is 0.273 e. The van der Waals surface area contributed by atoms with Crippen molar-refractivity contribution in [2.24, 2.45) is 17.8 Å². The van der Waals surface area contributed by atoms with Gasteiger partial charge in [0.05, 0.1) is 36.8 Å². The average Bonchev–Trinajstić information content (AvgIpc) is 3.33. The highest BCUT2D eigenvalue weighted by Crippen LogP contribution is 2.55. The number of anilines is 1. The predicted molar refractivity (Wildman–Crippen MR) is 135 cm³/mol. The number of hydrogen-bond acceptors (Lipinski definition) is 7.